The summed E-state index contributed by atoms with van der Waals surface area (Å²) in [5.74, 6) is -0.349. The van der Waals surface area contributed by atoms with Gasteiger partial charge in [-0.25, -0.2) is 0 Å². The van der Waals surface area contributed by atoms with E-state index in [1.54, 1.807) is 19.1 Å². The zero-order chi connectivity index (χ0) is 24.1. The van der Waals surface area contributed by atoms with E-state index >= 15 is 0 Å². The summed E-state index contributed by atoms with van der Waals surface area (Å²) in [5, 5.41) is 18.4. The second-order valence-corrected chi connectivity index (χ2v) is 9.89. The number of anilines is 3. The van der Waals surface area contributed by atoms with Crippen LogP contribution in [-0.2, 0) is 9.59 Å². The minimum Gasteiger partial charge on any atom is -0.326 e. The number of nitriles is 1. The fourth-order valence-corrected chi connectivity index (χ4v) is 5.05. The molecule has 1 fully saturated rings. The molecule has 0 atom stereocenters. The highest BCUT2D eigenvalue weighted by Crippen LogP contribution is 2.34. The molecule has 0 saturated heterocycles. The van der Waals surface area contributed by atoms with Gasteiger partial charge in [0.1, 0.15) is 11.1 Å². The molecule has 0 radical (unpaired) electrons. The van der Waals surface area contributed by atoms with Gasteiger partial charge in [0.15, 0.2) is 0 Å². The van der Waals surface area contributed by atoms with Crippen LogP contribution in [0.5, 0.6) is 0 Å². The van der Waals surface area contributed by atoms with Crippen LogP contribution in [0.4, 0.5) is 16.4 Å². The second kappa shape index (κ2) is 10.5. The van der Waals surface area contributed by atoms with E-state index in [1.807, 2.05) is 42.5 Å². The number of carbonyl (C=O) groups is 3. The van der Waals surface area contributed by atoms with Crippen LogP contribution in [0.25, 0.3) is 0 Å². The van der Waals surface area contributed by atoms with Gasteiger partial charge in [0.2, 0.25) is 11.8 Å². The Balaban J connectivity index is 1.38. The molecule has 9 heteroatoms. The molecule has 1 heterocycles. The van der Waals surface area contributed by atoms with Gasteiger partial charge < -0.3 is 16.0 Å². The van der Waals surface area contributed by atoms with Gasteiger partial charge in [-0.2, -0.15) is 5.26 Å². The molecule has 1 aliphatic carbocycles. The Labute approximate surface area is 205 Å². The molecule has 4 rings (SSSR count). The van der Waals surface area contributed by atoms with Crippen molar-refractivity contribution in [1.82, 2.24) is 0 Å². The molecule has 172 valence electrons. The first-order valence-corrected chi connectivity index (χ1v) is 12.5. The van der Waals surface area contributed by atoms with Crippen molar-refractivity contribution < 1.29 is 14.4 Å². The number of hydrogen-bond donors (Lipinski definition) is 3. The van der Waals surface area contributed by atoms with Gasteiger partial charge in [-0.3, -0.25) is 14.4 Å². The van der Waals surface area contributed by atoms with Gasteiger partial charge in [0, 0.05) is 22.2 Å². The molecule has 1 aromatic heterocycles. The molecule has 2 aromatic carbocycles. The minimum atomic E-state index is -0.329. The van der Waals surface area contributed by atoms with Crippen molar-refractivity contribution in [3.05, 3.63) is 70.6 Å². The van der Waals surface area contributed by atoms with E-state index in [9.17, 15) is 19.6 Å². The lowest BCUT2D eigenvalue weighted by molar-refractivity contribution is -0.117. The highest BCUT2D eigenvalue weighted by molar-refractivity contribution is 8.00. The number of amides is 3. The zero-order valence-corrected chi connectivity index (χ0v) is 20.0. The molecule has 7 nitrogen and oxygen atoms in total. The van der Waals surface area contributed by atoms with Gasteiger partial charge in [0.05, 0.1) is 16.2 Å². The highest BCUT2D eigenvalue weighted by atomic mass is 32.2. The molecule has 0 bridgehead atoms. The molecule has 3 amide bonds. The van der Waals surface area contributed by atoms with Gasteiger partial charge in [-0.05, 0) is 55.7 Å². The Hall–Kier alpha value is -3.61. The number of nitrogens with one attached hydrogen (secondary N) is 3. The number of benzene rings is 2. The van der Waals surface area contributed by atoms with E-state index in [0.29, 0.717) is 26.8 Å². The SMILES string of the molecule is Cc1c(C(=O)Nc2ccccc2)sc(NC(=O)CSc2cccc(NC(=O)C3CC3)c2)c1C#N. The lowest BCUT2D eigenvalue weighted by Gasteiger charge is -2.07. The molecule has 3 N–H and O–H groups in total. The Morgan fingerprint density at radius 2 is 1.76 bits per heavy atom. The average molecular weight is 491 g/mol. The average Bonchev–Trinajstić information content (AvgIpc) is 3.63. The van der Waals surface area contributed by atoms with Crippen LogP contribution in [0.2, 0.25) is 0 Å². The van der Waals surface area contributed by atoms with Crippen molar-refractivity contribution in [2.24, 2.45) is 5.92 Å². The number of nitrogens with zero attached hydrogens (tertiary/aromatic N) is 1. The smallest absolute Gasteiger partial charge is 0.266 e. The minimum absolute atomic E-state index is 0.0316. The lowest BCUT2D eigenvalue weighted by Crippen LogP contribution is -2.14. The predicted molar refractivity (Wildman–Crippen MR) is 135 cm³/mol. The van der Waals surface area contributed by atoms with Crippen LogP contribution in [-0.4, -0.2) is 23.5 Å². The van der Waals surface area contributed by atoms with E-state index in [-0.39, 0.29) is 35.0 Å². The monoisotopic (exact) mass is 490 g/mol. The fraction of sp³-hybridized carbons (Fsp3) is 0.200. The standard InChI is InChI=1S/C25H22N4O3S2/c1-15-20(13-26)25(34-22(15)24(32)27-17-6-3-2-4-7-17)29-21(30)14-33-19-9-5-8-18(12-19)28-23(31)16-10-11-16/h2-9,12,16H,10-11,14H2,1H3,(H,27,32)(H,28,31)(H,29,30). The first-order chi connectivity index (χ1) is 16.4. The van der Waals surface area contributed by atoms with Gasteiger partial charge >= 0.3 is 0 Å². The van der Waals surface area contributed by atoms with E-state index in [4.69, 9.17) is 0 Å². The highest BCUT2D eigenvalue weighted by Gasteiger charge is 2.29. The van der Waals surface area contributed by atoms with Gasteiger partial charge in [-0.15, -0.1) is 23.1 Å². The largest absolute Gasteiger partial charge is 0.326 e. The number of hydrogen-bond acceptors (Lipinski definition) is 6. The van der Waals surface area contributed by atoms with Crippen molar-refractivity contribution in [3.8, 4) is 6.07 Å². The van der Waals surface area contributed by atoms with Crippen molar-refractivity contribution in [3.63, 3.8) is 0 Å². The Morgan fingerprint density at radius 1 is 1.03 bits per heavy atom. The molecule has 1 saturated carbocycles. The van der Waals surface area contributed by atoms with Crippen molar-refractivity contribution in [1.29, 1.82) is 5.26 Å². The van der Waals surface area contributed by atoms with Crippen LogP contribution < -0.4 is 16.0 Å². The van der Waals surface area contributed by atoms with Gasteiger partial charge in [0.25, 0.3) is 5.91 Å². The van der Waals surface area contributed by atoms with Crippen LogP contribution in [0.3, 0.4) is 0 Å². The Morgan fingerprint density at radius 3 is 2.47 bits per heavy atom. The molecule has 3 aromatic rings. The summed E-state index contributed by atoms with van der Waals surface area (Å²) < 4.78 is 0. The molecular formula is C25H22N4O3S2. The van der Waals surface area contributed by atoms with E-state index in [1.165, 1.54) is 11.8 Å². The lowest BCUT2D eigenvalue weighted by atomic mass is 10.1. The van der Waals surface area contributed by atoms with Crippen LogP contribution >= 0.6 is 23.1 Å². The quantitative estimate of drug-likeness (QED) is 0.373. The number of thiophene rings is 1. The summed E-state index contributed by atoms with van der Waals surface area (Å²) >= 11 is 2.41. The third-order valence-electron chi connectivity index (χ3n) is 5.17. The summed E-state index contributed by atoms with van der Waals surface area (Å²) in [6.45, 7) is 1.70. The summed E-state index contributed by atoms with van der Waals surface area (Å²) in [5.41, 5.74) is 2.17. The molecule has 34 heavy (non-hydrogen) atoms. The maximum absolute atomic E-state index is 12.7. The molecule has 0 aliphatic heterocycles. The third kappa shape index (κ3) is 5.84. The maximum atomic E-state index is 12.7. The molecule has 0 spiro atoms. The summed E-state index contributed by atoms with van der Waals surface area (Å²) in [6.07, 6.45) is 1.87. The topological polar surface area (TPSA) is 111 Å². The fourth-order valence-electron chi connectivity index (χ4n) is 3.23. The Kier molecular flexibility index (Phi) is 7.30. The number of thioether (sulfide) groups is 1. The van der Waals surface area contributed by atoms with Gasteiger partial charge in [-0.1, -0.05) is 24.3 Å². The normalized spacial score (nSPS) is 12.5. The first-order valence-electron chi connectivity index (χ1n) is 10.7. The molecular weight excluding hydrogens is 468 g/mol. The summed E-state index contributed by atoms with van der Waals surface area (Å²) in [6, 6.07) is 18.5. The van der Waals surface area contributed by atoms with Crippen LogP contribution in [0.1, 0.15) is 33.6 Å². The second-order valence-electron chi connectivity index (χ2n) is 7.82. The predicted octanol–water partition coefficient (Wildman–Crippen LogP) is 5.26. The van der Waals surface area contributed by atoms with Crippen molar-refractivity contribution in [2.75, 3.05) is 21.7 Å². The van der Waals surface area contributed by atoms with E-state index in [2.05, 4.69) is 22.0 Å². The number of rotatable bonds is 8. The number of carbonyl (C=O) groups excluding carboxylic acids is 3. The summed E-state index contributed by atoms with van der Waals surface area (Å²) in [7, 11) is 0. The van der Waals surface area contributed by atoms with Crippen molar-refractivity contribution in [2.45, 2.75) is 24.7 Å². The van der Waals surface area contributed by atoms with Crippen molar-refractivity contribution >= 4 is 57.2 Å². The number of para-hydroxylation sites is 1. The maximum Gasteiger partial charge on any atom is 0.266 e. The van der Waals surface area contributed by atoms with Crippen LogP contribution in [0.15, 0.2) is 59.5 Å². The zero-order valence-electron chi connectivity index (χ0n) is 18.4. The van der Waals surface area contributed by atoms with E-state index in [0.717, 1.165) is 29.1 Å². The van der Waals surface area contributed by atoms with Crippen LogP contribution in [0, 0.1) is 24.2 Å². The van der Waals surface area contributed by atoms with E-state index < -0.39 is 0 Å². The third-order valence-corrected chi connectivity index (χ3v) is 7.37. The summed E-state index contributed by atoms with van der Waals surface area (Å²) in [4.78, 5) is 38.5. The Bertz CT molecular complexity index is 1280. The molecule has 0 unspecified atom stereocenters. The first kappa shape index (κ1) is 23.5. The molecule has 1 aliphatic rings.